The molecule has 0 aromatic heterocycles. The molecule has 6 nitrogen and oxygen atoms in total. The highest BCUT2D eigenvalue weighted by atomic mass is 15.3. The molecule has 7 atom stereocenters. The van der Waals surface area contributed by atoms with E-state index in [9.17, 15) is 0 Å². The summed E-state index contributed by atoms with van der Waals surface area (Å²) in [7, 11) is 2.30. The third-order valence-corrected chi connectivity index (χ3v) is 12.1. The molecule has 8 fully saturated rings. The lowest BCUT2D eigenvalue weighted by atomic mass is 9.81. The van der Waals surface area contributed by atoms with Crippen molar-refractivity contribution in [3.63, 3.8) is 0 Å². The zero-order valence-electron chi connectivity index (χ0n) is 27.1. The third-order valence-electron chi connectivity index (χ3n) is 12.1. The molecule has 0 aromatic carbocycles. The van der Waals surface area contributed by atoms with Gasteiger partial charge in [-0.3, -0.25) is 19.6 Å². The summed E-state index contributed by atoms with van der Waals surface area (Å²) >= 11 is 0. The molecule has 0 amide bonds. The molecule has 0 aromatic rings. The van der Waals surface area contributed by atoms with Crippen LogP contribution in [0.5, 0.6) is 0 Å². The number of hydrogen-bond acceptors (Lipinski definition) is 6. The molecule has 0 radical (unpaired) electrons. The van der Waals surface area contributed by atoms with Crippen molar-refractivity contribution < 1.29 is 0 Å². The number of nitrogens with zero attached hydrogens (tertiary/aromatic N) is 6. The Hall–Kier alpha value is -0.240. The topological polar surface area (TPSA) is 19.4 Å². The largest absolute Gasteiger partial charge is 0.306 e. The molecule has 6 heteroatoms. The number of likely N-dealkylation sites (tertiary alicyclic amines) is 1. The Bertz CT molecular complexity index is 747. The first kappa shape index (κ1) is 30.2. The molecule has 0 saturated carbocycles. The standard InChI is InChI=1S/C33H64N6/c1-24(2)38-20-26(4)37(21-30-9-13-34(8)14-10-30)23-33(38)32-17-25(3)36-18-27(5)39(28(6)19-36)22-31-11-15-35(16-12-31)29(32)7/h24-33H,9-23H2,1-8H3/t25?,26?,27?,28?,29?,32?,33-/m0/s1. The highest BCUT2D eigenvalue weighted by Gasteiger charge is 2.44. The Kier molecular flexibility index (Phi) is 10.0. The Morgan fingerprint density at radius 1 is 0.667 bits per heavy atom. The van der Waals surface area contributed by atoms with Crippen LogP contribution in [0.3, 0.4) is 0 Å². The highest BCUT2D eigenvalue weighted by molar-refractivity contribution is 4.99. The van der Waals surface area contributed by atoms with Crippen molar-refractivity contribution in [3.8, 4) is 0 Å². The van der Waals surface area contributed by atoms with Crippen molar-refractivity contribution >= 4 is 0 Å². The molecule has 8 heterocycles. The third kappa shape index (κ3) is 6.88. The zero-order valence-corrected chi connectivity index (χ0v) is 27.1. The maximum atomic E-state index is 2.94. The molecule has 226 valence electrons. The summed E-state index contributed by atoms with van der Waals surface area (Å²) in [6, 6.07) is 4.61. The fraction of sp³-hybridized carbons (Fsp3) is 1.00. The van der Waals surface area contributed by atoms with Crippen molar-refractivity contribution in [2.45, 2.75) is 123 Å². The summed E-state index contributed by atoms with van der Waals surface area (Å²) in [6.07, 6.45) is 6.89. The monoisotopic (exact) mass is 545 g/mol. The van der Waals surface area contributed by atoms with Gasteiger partial charge in [0.25, 0.3) is 0 Å². The highest BCUT2D eigenvalue weighted by Crippen LogP contribution is 2.35. The van der Waals surface area contributed by atoms with Gasteiger partial charge in [0.2, 0.25) is 0 Å². The minimum absolute atomic E-state index is 0.615. The van der Waals surface area contributed by atoms with Crippen LogP contribution in [-0.2, 0) is 0 Å². The first-order valence-corrected chi connectivity index (χ1v) is 17.0. The smallest absolute Gasteiger partial charge is 0.0270 e. The van der Waals surface area contributed by atoms with E-state index in [1.54, 1.807) is 0 Å². The van der Waals surface area contributed by atoms with E-state index < -0.39 is 0 Å². The van der Waals surface area contributed by atoms with E-state index in [0.29, 0.717) is 42.3 Å². The van der Waals surface area contributed by atoms with Gasteiger partial charge >= 0.3 is 0 Å². The molecule has 39 heavy (non-hydrogen) atoms. The van der Waals surface area contributed by atoms with Crippen LogP contribution in [0.4, 0.5) is 0 Å². The maximum Gasteiger partial charge on any atom is 0.0270 e. The number of rotatable bonds is 4. The molecule has 8 saturated heterocycles. The SMILES string of the molecule is CC1CC([C@@H]2CN(CC3CCN(C)CC3)C(C)CN2C(C)C)C(C)N2CCC(CC2)CN2C(C)CN1CC2C. The lowest BCUT2D eigenvalue weighted by Crippen LogP contribution is -2.65. The van der Waals surface area contributed by atoms with E-state index in [4.69, 9.17) is 0 Å². The first-order chi connectivity index (χ1) is 18.6. The van der Waals surface area contributed by atoms with Crippen LogP contribution in [-0.4, -0.2) is 144 Å². The van der Waals surface area contributed by atoms with Gasteiger partial charge in [0.15, 0.2) is 0 Å². The van der Waals surface area contributed by atoms with Crippen molar-refractivity contribution in [1.82, 2.24) is 29.4 Å². The van der Waals surface area contributed by atoms with Gasteiger partial charge in [0, 0.05) is 81.6 Å². The Morgan fingerprint density at radius 2 is 1.31 bits per heavy atom. The summed E-state index contributed by atoms with van der Waals surface area (Å²) in [5.74, 6) is 2.48. The molecule has 8 rings (SSSR count). The van der Waals surface area contributed by atoms with Crippen molar-refractivity contribution in [2.75, 3.05) is 72.5 Å². The Morgan fingerprint density at radius 3 is 1.92 bits per heavy atom. The van der Waals surface area contributed by atoms with E-state index in [1.165, 1.54) is 97.6 Å². The van der Waals surface area contributed by atoms with Crippen LogP contribution in [0.15, 0.2) is 0 Å². The van der Waals surface area contributed by atoms with E-state index >= 15 is 0 Å². The Balaban J connectivity index is 1.40. The van der Waals surface area contributed by atoms with Crippen LogP contribution in [0.25, 0.3) is 0 Å². The molecule has 0 aliphatic carbocycles. The predicted molar refractivity (Wildman–Crippen MR) is 165 cm³/mol. The van der Waals surface area contributed by atoms with Gasteiger partial charge in [0.1, 0.15) is 0 Å². The van der Waals surface area contributed by atoms with Crippen molar-refractivity contribution in [2.24, 2.45) is 17.8 Å². The van der Waals surface area contributed by atoms with Crippen LogP contribution in [0.2, 0.25) is 0 Å². The van der Waals surface area contributed by atoms with Gasteiger partial charge in [-0.15, -0.1) is 0 Å². The molecule has 6 unspecified atom stereocenters. The lowest BCUT2D eigenvalue weighted by molar-refractivity contribution is -0.0471. The van der Waals surface area contributed by atoms with E-state index in [1.807, 2.05) is 0 Å². The minimum Gasteiger partial charge on any atom is -0.306 e. The van der Waals surface area contributed by atoms with Gasteiger partial charge in [-0.05, 0) is 132 Å². The number of piperazine rings is 2. The van der Waals surface area contributed by atoms with Crippen LogP contribution >= 0.6 is 0 Å². The molecule has 8 aliphatic rings. The van der Waals surface area contributed by atoms with Gasteiger partial charge < -0.3 is 9.80 Å². The predicted octanol–water partition coefficient (Wildman–Crippen LogP) is 4.01. The molecule has 0 N–H and O–H groups in total. The van der Waals surface area contributed by atoms with Crippen LogP contribution in [0, 0.1) is 17.8 Å². The molecular weight excluding hydrogens is 480 g/mol. The fourth-order valence-electron chi connectivity index (χ4n) is 9.33. The summed E-state index contributed by atoms with van der Waals surface area (Å²) in [6.45, 7) is 30.5. The van der Waals surface area contributed by atoms with E-state index in [2.05, 4.69) is 84.9 Å². The summed E-state index contributed by atoms with van der Waals surface area (Å²) in [5.41, 5.74) is 0. The zero-order chi connectivity index (χ0) is 27.8. The summed E-state index contributed by atoms with van der Waals surface area (Å²) < 4.78 is 0. The van der Waals surface area contributed by atoms with Crippen LogP contribution < -0.4 is 0 Å². The lowest BCUT2D eigenvalue weighted by Gasteiger charge is -2.54. The second kappa shape index (κ2) is 13.0. The van der Waals surface area contributed by atoms with Crippen molar-refractivity contribution in [1.29, 1.82) is 0 Å². The van der Waals surface area contributed by atoms with Gasteiger partial charge in [-0.25, -0.2) is 0 Å². The quantitative estimate of drug-likeness (QED) is 0.529. The van der Waals surface area contributed by atoms with E-state index in [-0.39, 0.29) is 0 Å². The minimum atomic E-state index is 0.615. The second-order valence-corrected chi connectivity index (χ2v) is 15.2. The van der Waals surface area contributed by atoms with Crippen molar-refractivity contribution in [3.05, 3.63) is 0 Å². The molecular formula is C33H64N6. The van der Waals surface area contributed by atoms with Gasteiger partial charge in [-0.2, -0.15) is 0 Å². The molecule has 4 bridgehead atoms. The maximum absolute atomic E-state index is 2.94. The number of hydrogen-bond donors (Lipinski definition) is 0. The first-order valence-electron chi connectivity index (χ1n) is 17.0. The Labute approximate surface area is 242 Å². The van der Waals surface area contributed by atoms with E-state index in [0.717, 1.165) is 17.8 Å². The molecule has 8 aliphatic heterocycles. The molecule has 0 spiro atoms. The fourth-order valence-corrected chi connectivity index (χ4v) is 9.33. The van der Waals surface area contributed by atoms with Crippen LogP contribution in [0.1, 0.15) is 80.6 Å². The number of piperidine rings is 2. The average Bonchev–Trinajstić information content (AvgIpc) is 2.92. The summed E-state index contributed by atoms with van der Waals surface area (Å²) in [4.78, 5) is 17.1. The van der Waals surface area contributed by atoms with Gasteiger partial charge in [0.05, 0.1) is 0 Å². The average molecular weight is 545 g/mol. The van der Waals surface area contributed by atoms with Gasteiger partial charge in [-0.1, -0.05) is 0 Å². The normalized spacial score (nSPS) is 46.2. The summed E-state index contributed by atoms with van der Waals surface area (Å²) in [5, 5.41) is 0. The second-order valence-electron chi connectivity index (χ2n) is 15.2.